The van der Waals surface area contributed by atoms with Crippen LogP contribution in [0.5, 0.6) is 0 Å². The van der Waals surface area contributed by atoms with Gasteiger partial charge in [0.2, 0.25) is 0 Å². The molecule has 0 bridgehead atoms. The quantitative estimate of drug-likeness (QED) is 0.551. The SMILES string of the molecule is COC(=O)c1ccc2c(c1)CN(C(=O)c1ccccc1SCC1CCCO1)CC2. The van der Waals surface area contributed by atoms with Crippen molar-refractivity contribution in [2.45, 2.75) is 36.8 Å². The van der Waals surface area contributed by atoms with Crippen molar-refractivity contribution in [3.05, 3.63) is 64.7 Å². The summed E-state index contributed by atoms with van der Waals surface area (Å²) in [6.07, 6.45) is 3.27. The lowest BCUT2D eigenvalue weighted by atomic mass is 9.97. The highest BCUT2D eigenvalue weighted by Crippen LogP contribution is 2.29. The minimum absolute atomic E-state index is 0.0366. The summed E-state index contributed by atoms with van der Waals surface area (Å²) < 4.78 is 10.5. The summed E-state index contributed by atoms with van der Waals surface area (Å²) in [6.45, 7) is 2.02. The Morgan fingerprint density at radius 1 is 1.21 bits per heavy atom. The third-order valence-corrected chi connectivity index (χ3v) is 6.70. The zero-order valence-electron chi connectivity index (χ0n) is 16.6. The fourth-order valence-corrected chi connectivity index (χ4v) is 4.99. The minimum Gasteiger partial charge on any atom is -0.465 e. The average Bonchev–Trinajstić information content (AvgIpc) is 3.29. The summed E-state index contributed by atoms with van der Waals surface area (Å²) in [5.41, 5.74) is 3.45. The van der Waals surface area contributed by atoms with Gasteiger partial charge in [0.05, 0.1) is 24.3 Å². The number of fused-ring (bicyclic) bond motifs is 1. The van der Waals surface area contributed by atoms with E-state index in [-0.39, 0.29) is 18.0 Å². The van der Waals surface area contributed by atoms with Crippen molar-refractivity contribution in [1.82, 2.24) is 4.90 Å². The Hall–Kier alpha value is -2.31. The number of amides is 1. The molecule has 0 aliphatic carbocycles. The highest BCUT2D eigenvalue weighted by molar-refractivity contribution is 7.99. The van der Waals surface area contributed by atoms with Crippen molar-refractivity contribution in [3.8, 4) is 0 Å². The Morgan fingerprint density at radius 3 is 2.86 bits per heavy atom. The van der Waals surface area contributed by atoms with Crippen molar-refractivity contribution >= 4 is 23.6 Å². The number of esters is 1. The lowest BCUT2D eigenvalue weighted by Gasteiger charge is -2.30. The molecule has 1 saturated heterocycles. The van der Waals surface area contributed by atoms with Crippen LogP contribution in [0, 0.1) is 0 Å². The van der Waals surface area contributed by atoms with Gasteiger partial charge in [-0.1, -0.05) is 18.2 Å². The fraction of sp³-hybridized carbons (Fsp3) is 0.391. The van der Waals surface area contributed by atoms with Crippen LogP contribution in [-0.2, 0) is 22.4 Å². The molecule has 4 rings (SSSR count). The summed E-state index contributed by atoms with van der Waals surface area (Å²) in [4.78, 5) is 28.0. The number of thioether (sulfide) groups is 1. The van der Waals surface area contributed by atoms with Gasteiger partial charge in [0.1, 0.15) is 0 Å². The van der Waals surface area contributed by atoms with Gasteiger partial charge in [0.25, 0.3) is 5.91 Å². The molecular weight excluding hydrogens is 386 g/mol. The van der Waals surface area contributed by atoms with Crippen LogP contribution in [0.4, 0.5) is 0 Å². The normalized spacial score (nSPS) is 18.4. The molecule has 1 unspecified atom stereocenters. The second-order valence-corrected chi connectivity index (χ2v) is 8.46. The van der Waals surface area contributed by atoms with Crippen molar-refractivity contribution < 1.29 is 19.1 Å². The van der Waals surface area contributed by atoms with E-state index < -0.39 is 0 Å². The molecule has 152 valence electrons. The molecular formula is C23H25NO4S. The maximum atomic E-state index is 13.3. The fourth-order valence-electron chi connectivity index (χ4n) is 3.87. The maximum Gasteiger partial charge on any atom is 0.337 e. The first-order valence-corrected chi connectivity index (χ1v) is 11.0. The Bertz CT molecular complexity index is 908. The topological polar surface area (TPSA) is 55.8 Å². The summed E-state index contributed by atoms with van der Waals surface area (Å²) in [5.74, 6) is 0.553. The lowest BCUT2D eigenvalue weighted by molar-refractivity contribution is 0.0600. The molecule has 1 amide bonds. The Labute approximate surface area is 175 Å². The number of carbonyl (C=O) groups is 2. The number of benzene rings is 2. The molecule has 2 aliphatic rings. The second kappa shape index (κ2) is 9.01. The highest BCUT2D eigenvalue weighted by atomic mass is 32.2. The molecule has 0 aromatic heterocycles. The predicted octanol–water partition coefficient (Wildman–Crippen LogP) is 3.94. The number of ether oxygens (including phenoxy) is 2. The summed E-state index contributed by atoms with van der Waals surface area (Å²) >= 11 is 1.70. The molecule has 29 heavy (non-hydrogen) atoms. The van der Waals surface area contributed by atoms with Gasteiger partial charge in [-0.15, -0.1) is 11.8 Å². The number of nitrogens with zero attached hydrogens (tertiary/aromatic N) is 1. The molecule has 2 aromatic carbocycles. The smallest absolute Gasteiger partial charge is 0.337 e. The Morgan fingerprint density at radius 2 is 2.07 bits per heavy atom. The first kappa shape index (κ1) is 20.0. The van der Waals surface area contributed by atoms with Crippen molar-refractivity contribution in [1.29, 1.82) is 0 Å². The van der Waals surface area contributed by atoms with Gasteiger partial charge in [-0.05, 0) is 54.7 Å². The van der Waals surface area contributed by atoms with E-state index in [1.807, 2.05) is 41.3 Å². The molecule has 2 aliphatic heterocycles. The average molecular weight is 412 g/mol. The molecule has 2 aromatic rings. The van der Waals surface area contributed by atoms with E-state index in [1.165, 1.54) is 12.7 Å². The van der Waals surface area contributed by atoms with Crippen LogP contribution < -0.4 is 0 Å². The van der Waals surface area contributed by atoms with E-state index in [0.29, 0.717) is 18.7 Å². The maximum absolute atomic E-state index is 13.3. The van der Waals surface area contributed by atoms with Crippen molar-refractivity contribution in [2.75, 3.05) is 26.0 Å². The van der Waals surface area contributed by atoms with Crippen LogP contribution >= 0.6 is 11.8 Å². The molecule has 0 N–H and O–H groups in total. The summed E-state index contributed by atoms with van der Waals surface area (Å²) in [7, 11) is 1.38. The largest absolute Gasteiger partial charge is 0.465 e. The lowest BCUT2D eigenvalue weighted by Crippen LogP contribution is -2.36. The molecule has 1 atom stereocenters. The van der Waals surface area contributed by atoms with Crippen LogP contribution in [-0.4, -0.2) is 48.9 Å². The standard InChI is InChI=1S/C23H25NO4S/c1-27-23(26)17-9-8-16-10-11-24(14-18(16)13-17)22(25)20-6-2-3-7-21(20)29-15-19-5-4-12-28-19/h2-3,6-9,13,19H,4-5,10-12,14-15H2,1H3. The van der Waals surface area contributed by atoms with Gasteiger partial charge in [-0.2, -0.15) is 0 Å². The van der Waals surface area contributed by atoms with Crippen molar-refractivity contribution in [3.63, 3.8) is 0 Å². The van der Waals surface area contributed by atoms with Gasteiger partial charge >= 0.3 is 5.97 Å². The summed E-state index contributed by atoms with van der Waals surface area (Å²) in [6, 6.07) is 13.4. The van der Waals surface area contributed by atoms with E-state index >= 15 is 0 Å². The first-order valence-electron chi connectivity index (χ1n) is 9.98. The van der Waals surface area contributed by atoms with Crippen LogP contribution in [0.2, 0.25) is 0 Å². The molecule has 0 radical (unpaired) electrons. The van der Waals surface area contributed by atoms with Crippen LogP contribution in [0.25, 0.3) is 0 Å². The Kier molecular flexibility index (Phi) is 6.21. The van der Waals surface area contributed by atoms with Gasteiger partial charge in [-0.3, -0.25) is 4.79 Å². The van der Waals surface area contributed by atoms with Crippen molar-refractivity contribution in [2.24, 2.45) is 0 Å². The van der Waals surface area contributed by atoms with Crippen LogP contribution in [0.3, 0.4) is 0 Å². The van der Waals surface area contributed by atoms with Gasteiger partial charge in [-0.25, -0.2) is 4.79 Å². The van der Waals surface area contributed by atoms with Crippen LogP contribution in [0.15, 0.2) is 47.4 Å². The van der Waals surface area contributed by atoms with E-state index in [2.05, 4.69) is 0 Å². The molecule has 0 spiro atoms. The zero-order valence-corrected chi connectivity index (χ0v) is 17.4. The van der Waals surface area contributed by atoms with E-state index in [1.54, 1.807) is 17.8 Å². The molecule has 5 nitrogen and oxygen atoms in total. The van der Waals surface area contributed by atoms with Crippen LogP contribution in [0.1, 0.15) is 44.7 Å². The monoisotopic (exact) mass is 411 g/mol. The molecule has 2 heterocycles. The molecule has 6 heteroatoms. The third kappa shape index (κ3) is 4.49. The number of methoxy groups -OCH3 is 1. The van der Waals surface area contributed by atoms with Gasteiger partial charge < -0.3 is 14.4 Å². The number of hydrogen-bond acceptors (Lipinski definition) is 5. The number of rotatable bonds is 5. The molecule has 0 saturated carbocycles. The Balaban J connectivity index is 1.50. The van der Waals surface area contributed by atoms with E-state index in [4.69, 9.17) is 9.47 Å². The highest BCUT2D eigenvalue weighted by Gasteiger charge is 2.25. The first-order chi connectivity index (χ1) is 14.2. The number of carbonyl (C=O) groups excluding carboxylic acids is 2. The van der Waals surface area contributed by atoms with Gasteiger partial charge in [0.15, 0.2) is 0 Å². The number of hydrogen-bond donors (Lipinski definition) is 0. The second-order valence-electron chi connectivity index (χ2n) is 7.39. The minimum atomic E-state index is -0.355. The van der Waals surface area contributed by atoms with E-state index in [9.17, 15) is 9.59 Å². The third-order valence-electron chi connectivity index (χ3n) is 5.49. The summed E-state index contributed by atoms with van der Waals surface area (Å²) in [5, 5.41) is 0. The van der Waals surface area contributed by atoms with Gasteiger partial charge in [0, 0.05) is 30.3 Å². The van der Waals surface area contributed by atoms with E-state index in [0.717, 1.165) is 47.6 Å². The zero-order chi connectivity index (χ0) is 20.2. The predicted molar refractivity (Wildman–Crippen MR) is 112 cm³/mol. The molecule has 1 fully saturated rings.